The van der Waals surface area contributed by atoms with Crippen LogP contribution in [0.5, 0.6) is 11.5 Å². The number of nitrogens with zero attached hydrogens (tertiary/aromatic N) is 2. The van der Waals surface area contributed by atoms with Crippen molar-refractivity contribution in [3.63, 3.8) is 0 Å². The largest absolute Gasteiger partial charge is 0.493 e. The van der Waals surface area contributed by atoms with Crippen molar-refractivity contribution in [2.24, 2.45) is 0 Å². The van der Waals surface area contributed by atoms with Crippen molar-refractivity contribution in [3.8, 4) is 17.2 Å². The van der Waals surface area contributed by atoms with E-state index in [2.05, 4.69) is 4.57 Å². The maximum atomic E-state index is 13.7. The van der Waals surface area contributed by atoms with E-state index in [9.17, 15) is 9.59 Å². The first-order valence-electron chi connectivity index (χ1n) is 12.6. The monoisotopic (exact) mass is 548 g/mol. The van der Waals surface area contributed by atoms with Crippen LogP contribution >= 0.6 is 11.6 Å². The highest BCUT2D eigenvalue weighted by Gasteiger charge is 2.37. The van der Waals surface area contributed by atoms with Gasteiger partial charge in [0.1, 0.15) is 0 Å². The minimum Gasteiger partial charge on any atom is -0.493 e. The summed E-state index contributed by atoms with van der Waals surface area (Å²) in [6.45, 7) is 8.10. The number of rotatable bonds is 8. The minimum absolute atomic E-state index is 0.239. The Morgan fingerprint density at radius 2 is 1.67 bits per heavy atom. The van der Waals surface area contributed by atoms with Gasteiger partial charge in [-0.1, -0.05) is 23.7 Å². The second kappa shape index (κ2) is 11.4. The van der Waals surface area contributed by atoms with Crippen LogP contribution in [0.3, 0.4) is 0 Å². The van der Waals surface area contributed by atoms with Crippen molar-refractivity contribution in [1.29, 1.82) is 0 Å². The van der Waals surface area contributed by atoms with Crippen molar-refractivity contribution in [2.75, 3.05) is 27.9 Å². The van der Waals surface area contributed by atoms with Gasteiger partial charge in [0.05, 0.1) is 32.5 Å². The molecule has 8 heteroatoms. The van der Waals surface area contributed by atoms with Gasteiger partial charge in [-0.2, -0.15) is 0 Å². The molecule has 2 heterocycles. The van der Waals surface area contributed by atoms with Crippen LogP contribution in [0.15, 0.2) is 59.3 Å². The third-order valence-corrected chi connectivity index (χ3v) is 7.56. The summed E-state index contributed by atoms with van der Waals surface area (Å²) < 4.78 is 17.9. The number of halogens is 1. The van der Waals surface area contributed by atoms with Crippen LogP contribution < -0.4 is 9.47 Å². The fraction of sp³-hybridized carbons (Fsp3) is 0.290. The first-order chi connectivity index (χ1) is 18.6. The molecule has 39 heavy (non-hydrogen) atoms. The second-order valence-corrected chi connectivity index (χ2v) is 9.91. The van der Waals surface area contributed by atoms with Gasteiger partial charge in [-0.3, -0.25) is 4.79 Å². The summed E-state index contributed by atoms with van der Waals surface area (Å²) in [4.78, 5) is 28.2. The molecule has 0 fully saturated rings. The van der Waals surface area contributed by atoms with E-state index in [4.69, 9.17) is 25.8 Å². The van der Waals surface area contributed by atoms with Crippen LogP contribution in [0, 0.1) is 20.8 Å². The zero-order valence-corrected chi connectivity index (χ0v) is 24.1. The van der Waals surface area contributed by atoms with Crippen molar-refractivity contribution >= 4 is 29.6 Å². The number of esters is 1. The molecule has 0 saturated carbocycles. The Hall–Kier alpha value is -3.97. The summed E-state index contributed by atoms with van der Waals surface area (Å²) in [7, 11) is 4.50. The van der Waals surface area contributed by atoms with Gasteiger partial charge < -0.3 is 23.7 Å². The first-order valence-corrected chi connectivity index (χ1v) is 13.0. The highest BCUT2D eigenvalue weighted by molar-refractivity contribution is 6.31. The normalized spacial score (nSPS) is 14.4. The number of hydrogen-bond donors (Lipinski definition) is 0. The van der Waals surface area contributed by atoms with Crippen LogP contribution in [0.1, 0.15) is 35.0 Å². The molecule has 204 valence electrons. The number of allylic oxidation sites excluding steroid dienone is 1. The van der Waals surface area contributed by atoms with Gasteiger partial charge in [0.2, 0.25) is 0 Å². The van der Waals surface area contributed by atoms with E-state index in [0.29, 0.717) is 40.8 Å². The van der Waals surface area contributed by atoms with Crippen LogP contribution in [0.2, 0.25) is 5.02 Å². The van der Waals surface area contributed by atoms with Gasteiger partial charge in [-0.05, 0) is 87.2 Å². The molecule has 7 nitrogen and oxygen atoms in total. The molecular weight excluding hydrogens is 516 g/mol. The maximum Gasteiger partial charge on any atom is 0.340 e. The van der Waals surface area contributed by atoms with E-state index in [-0.39, 0.29) is 11.5 Å². The highest BCUT2D eigenvalue weighted by Crippen LogP contribution is 2.34. The molecule has 1 aliphatic rings. The van der Waals surface area contributed by atoms with E-state index in [1.54, 1.807) is 32.1 Å². The predicted octanol–water partition coefficient (Wildman–Crippen LogP) is 5.99. The number of carbonyl (C=O) groups excluding carboxylic acids is 2. The third-order valence-electron chi connectivity index (χ3n) is 7.16. The second-order valence-electron chi connectivity index (χ2n) is 9.50. The number of amides is 1. The molecule has 3 aromatic rings. The molecule has 2 aromatic carbocycles. The molecule has 0 saturated heterocycles. The molecule has 0 bridgehead atoms. The number of ether oxygens (including phenoxy) is 3. The lowest BCUT2D eigenvalue weighted by molar-refractivity contribution is -0.136. The van der Waals surface area contributed by atoms with Gasteiger partial charge in [0.25, 0.3) is 5.91 Å². The Kier molecular flexibility index (Phi) is 8.21. The molecule has 1 aliphatic heterocycles. The quantitative estimate of drug-likeness (QED) is 0.255. The summed E-state index contributed by atoms with van der Waals surface area (Å²) >= 11 is 6.39. The molecule has 0 N–H and O–H groups in total. The Labute approximate surface area is 234 Å². The molecule has 0 aliphatic carbocycles. The Balaban J connectivity index is 1.69. The number of aryl methyl sites for hydroxylation is 2. The van der Waals surface area contributed by atoms with Crippen molar-refractivity contribution in [2.45, 2.75) is 34.1 Å². The van der Waals surface area contributed by atoms with Gasteiger partial charge >= 0.3 is 5.97 Å². The Morgan fingerprint density at radius 3 is 2.31 bits per heavy atom. The number of hydrogen-bond acceptors (Lipinski definition) is 5. The fourth-order valence-electron chi connectivity index (χ4n) is 4.98. The topological polar surface area (TPSA) is 70.0 Å². The van der Waals surface area contributed by atoms with Crippen LogP contribution in [0.4, 0.5) is 0 Å². The molecule has 4 rings (SSSR count). The molecule has 0 atom stereocenters. The van der Waals surface area contributed by atoms with Gasteiger partial charge in [-0.15, -0.1) is 0 Å². The number of benzene rings is 2. The zero-order valence-electron chi connectivity index (χ0n) is 23.3. The first kappa shape index (κ1) is 28.0. The Morgan fingerprint density at radius 1 is 0.949 bits per heavy atom. The van der Waals surface area contributed by atoms with Gasteiger partial charge in [0.15, 0.2) is 11.5 Å². The van der Waals surface area contributed by atoms with Crippen molar-refractivity contribution in [3.05, 3.63) is 92.4 Å². The van der Waals surface area contributed by atoms with Crippen LogP contribution in [-0.2, 0) is 20.7 Å². The molecule has 0 unspecified atom stereocenters. The number of aromatic nitrogens is 1. The van der Waals surface area contributed by atoms with E-state index < -0.39 is 5.97 Å². The lowest BCUT2D eigenvalue weighted by atomic mass is 10.0. The van der Waals surface area contributed by atoms with E-state index in [1.807, 2.05) is 63.2 Å². The standard InChI is InChI=1S/C31H33ClN2O5/c1-18-8-10-24(17-26(18)32)34-19(2)14-23(20(34)3)16-25-29(31(36)39-7)21(4)33(30(25)35)13-12-22-9-11-27(37-5)28(15-22)38-6/h8-11,14-17H,12-13H2,1-7H3/b25-16-. The number of carbonyl (C=O) groups is 2. The molecule has 0 radical (unpaired) electrons. The van der Waals surface area contributed by atoms with Crippen LogP contribution in [-0.4, -0.2) is 49.2 Å². The minimum atomic E-state index is -0.542. The van der Waals surface area contributed by atoms with E-state index >= 15 is 0 Å². The maximum absolute atomic E-state index is 13.7. The molecule has 1 amide bonds. The predicted molar refractivity (Wildman–Crippen MR) is 153 cm³/mol. The summed E-state index contributed by atoms with van der Waals surface area (Å²) in [5.41, 5.74) is 6.81. The summed E-state index contributed by atoms with van der Waals surface area (Å²) in [5, 5.41) is 0.683. The van der Waals surface area contributed by atoms with E-state index in [0.717, 1.165) is 33.8 Å². The lowest BCUT2D eigenvalue weighted by Gasteiger charge is -2.18. The van der Waals surface area contributed by atoms with Crippen molar-refractivity contribution < 1.29 is 23.8 Å². The lowest BCUT2D eigenvalue weighted by Crippen LogP contribution is -2.27. The molecule has 0 spiro atoms. The van der Waals surface area contributed by atoms with Crippen LogP contribution in [0.25, 0.3) is 11.8 Å². The smallest absolute Gasteiger partial charge is 0.340 e. The zero-order chi connectivity index (χ0) is 28.4. The van der Waals surface area contributed by atoms with Crippen molar-refractivity contribution in [1.82, 2.24) is 9.47 Å². The average Bonchev–Trinajstić information content (AvgIpc) is 3.34. The third kappa shape index (κ3) is 5.32. The molecular formula is C31H33ClN2O5. The average molecular weight is 549 g/mol. The number of methoxy groups -OCH3 is 3. The summed E-state index contributed by atoms with van der Waals surface area (Å²) in [6, 6.07) is 13.6. The van der Waals surface area contributed by atoms with Gasteiger partial charge in [-0.25, -0.2) is 4.79 Å². The Bertz CT molecular complexity index is 1520. The fourth-order valence-corrected chi connectivity index (χ4v) is 5.16. The molecule has 1 aromatic heterocycles. The SMILES string of the molecule is COC(=O)C1=C(C)N(CCc2ccc(OC)c(OC)c2)C(=O)/C1=C\c1cc(C)n(-c2ccc(C)c(Cl)c2)c1C. The van der Waals surface area contributed by atoms with Gasteiger partial charge in [0, 0.05) is 34.3 Å². The highest BCUT2D eigenvalue weighted by atomic mass is 35.5. The van der Waals surface area contributed by atoms with E-state index in [1.165, 1.54) is 7.11 Å². The summed E-state index contributed by atoms with van der Waals surface area (Å²) in [6.07, 6.45) is 2.34. The summed E-state index contributed by atoms with van der Waals surface area (Å²) in [5.74, 6) is 0.478.